The molecule has 0 spiro atoms. The van der Waals surface area contributed by atoms with Gasteiger partial charge in [-0.3, -0.25) is 0 Å². The zero-order valence-electron chi connectivity index (χ0n) is 25.9. The van der Waals surface area contributed by atoms with Crippen LogP contribution in [-0.4, -0.2) is 23.9 Å². The van der Waals surface area contributed by atoms with Crippen molar-refractivity contribution in [3.05, 3.63) is 144 Å². The summed E-state index contributed by atoms with van der Waals surface area (Å²) in [6.07, 6.45) is 5.84. The molecule has 0 atom stereocenters. The SMILES string of the molecule is Cc1cc(C)c(-c2c(-c3ccccc3)cnn2-c2ccc3c4ccccc4n(-c4cccc(-c5nccn5C)c4)c3c2)c(C)c1. The first-order valence-electron chi connectivity index (χ1n) is 15.3. The predicted octanol–water partition coefficient (Wildman–Crippen LogP) is 9.63. The van der Waals surface area contributed by atoms with E-state index in [0.717, 1.165) is 50.6 Å². The molecule has 0 saturated heterocycles. The van der Waals surface area contributed by atoms with E-state index < -0.39 is 0 Å². The number of fused-ring (bicyclic) bond motifs is 3. The normalized spacial score (nSPS) is 11.6. The summed E-state index contributed by atoms with van der Waals surface area (Å²) in [6, 6.07) is 39.1. The first-order chi connectivity index (χ1) is 22.0. The third kappa shape index (κ3) is 4.39. The molecular weight excluding hydrogens is 550 g/mol. The third-order valence-electron chi connectivity index (χ3n) is 8.85. The minimum atomic E-state index is 0.941. The van der Waals surface area contributed by atoms with Gasteiger partial charge < -0.3 is 9.13 Å². The molecule has 218 valence electrons. The minimum absolute atomic E-state index is 0.941. The van der Waals surface area contributed by atoms with Crippen LogP contribution in [0.1, 0.15) is 16.7 Å². The molecule has 5 aromatic carbocycles. The first-order valence-corrected chi connectivity index (χ1v) is 15.3. The highest BCUT2D eigenvalue weighted by Gasteiger charge is 2.21. The van der Waals surface area contributed by atoms with E-state index in [9.17, 15) is 0 Å². The van der Waals surface area contributed by atoms with Crippen molar-refractivity contribution in [3.8, 4) is 45.1 Å². The molecule has 8 aromatic rings. The average molecular weight is 584 g/mol. The van der Waals surface area contributed by atoms with Crippen LogP contribution in [0.5, 0.6) is 0 Å². The summed E-state index contributed by atoms with van der Waals surface area (Å²) < 4.78 is 6.55. The minimum Gasteiger partial charge on any atom is -0.334 e. The molecule has 5 heteroatoms. The van der Waals surface area contributed by atoms with Crippen LogP contribution >= 0.6 is 0 Å². The van der Waals surface area contributed by atoms with Gasteiger partial charge in [-0.05, 0) is 67.8 Å². The zero-order valence-corrected chi connectivity index (χ0v) is 25.9. The maximum atomic E-state index is 5.06. The van der Waals surface area contributed by atoms with Crippen LogP contribution in [0, 0.1) is 20.8 Å². The van der Waals surface area contributed by atoms with E-state index >= 15 is 0 Å². The lowest BCUT2D eigenvalue weighted by Crippen LogP contribution is -2.03. The van der Waals surface area contributed by atoms with Gasteiger partial charge in [0.05, 0.1) is 28.6 Å². The van der Waals surface area contributed by atoms with Crippen LogP contribution in [0.25, 0.3) is 67.0 Å². The fraction of sp³-hybridized carbons (Fsp3) is 0.100. The molecule has 8 rings (SSSR count). The number of aromatic nitrogens is 5. The van der Waals surface area contributed by atoms with Crippen molar-refractivity contribution in [2.75, 3.05) is 0 Å². The van der Waals surface area contributed by atoms with Gasteiger partial charge in [0.1, 0.15) is 5.82 Å². The molecule has 3 heterocycles. The summed E-state index contributed by atoms with van der Waals surface area (Å²) in [5, 5.41) is 7.49. The summed E-state index contributed by atoms with van der Waals surface area (Å²) in [6.45, 7) is 6.57. The van der Waals surface area contributed by atoms with Crippen molar-refractivity contribution in [1.82, 2.24) is 23.9 Å². The van der Waals surface area contributed by atoms with Gasteiger partial charge in [0, 0.05) is 52.6 Å². The molecule has 0 fully saturated rings. The van der Waals surface area contributed by atoms with E-state index in [1.807, 2.05) is 25.6 Å². The number of para-hydroxylation sites is 1. The molecular formula is C40H33N5. The lowest BCUT2D eigenvalue weighted by molar-refractivity contribution is 0.887. The Balaban J connectivity index is 1.39. The van der Waals surface area contributed by atoms with Gasteiger partial charge in [-0.2, -0.15) is 5.10 Å². The van der Waals surface area contributed by atoms with Gasteiger partial charge in [0.15, 0.2) is 0 Å². The van der Waals surface area contributed by atoms with Crippen molar-refractivity contribution < 1.29 is 0 Å². The molecule has 0 radical (unpaired) electrons. The van der Waals surface area contributed by atoms with Gasteiger partial charge in [-0.1, -0.05) is 84.4 Å². The molecule has 5 nitrogen and oxygen atoms in total. The Labute approximate surface area is 262 Å². The van der Waals surface area contributed by atoms with Crippen molar-refractivity contribution in [1.29, 1.82) is 0 Å². The number of benzene rings is 5. The largest absolute Gasteiger partial charge is 0.334 e. The van der Waals surface area contributed by atoms with Crippen LogP contribution in [-0.2, 0) is 7.05 Å². The second-order valence-corrected chi connectivity index (χ2v) is 11.9. The summed E-state index contributed by atoms with van der Waals surface area (Å²) in [7, 11) is 2.03. The molecule has 45 heavy (non-hydrogen) atoms. The van der Waals surface area contributed by atoms with Crippen LogP contribution in [0.2, 0.25) is 0 Å². The van der Waals surface area contributed by atoms with Crippen LogP contribution in [0.4, 0.5) is 0 Å². The maximum Gasteiger partial charge on any atom is 0.139 e. The standard InChI is InChI=1S/C40H33N5/c1-26-21-27(2)38(28(3)22-26)39-35(29-11-6-5-7-12-29)25-42-45(39)32-17-18-34-33-15-8-9-16-36(33)44(37(34)24-32)31-14-10-13-30(23-31)40-41-19-20-43(40)4/h5-25H,1-4H3. The van der Waals surface area contributed by atoms with Crippen LogP contribution < -0.4 is 0 Å². The van der Waals surface area contributed by atoms with Gasteiger partial charge in [-0.15, -0.1) is 0 Å². The Morgan fingerprint density at radius 3 is 2.13 bits per heavy atom. The number of hydrogen-bond donors (Lipinski definition) is 0. The topological polar surface area (TPSA) is 40.6 Å². The molecule has 0 aliphatic rings. The van der Waals surface area contributed by atoms with Gasteiger partial charge in [0.2, 0.25) is 0 Å². The summed E-state index contributed by atoms with van der Waals surface area (Å²) >= 11 is 0. The molecule has 0 saturated carbocycles. The third-order valence-corrected chi connectivity index (χ3v) is 8.85. The Hall–Kier alpha value is -5.68. The fourth-order valence-corrected chi connectivity index (χ4v) is 6.96. The van der Waals surface area contributed by atoms with Crippen LogP contribution in [0.3, 0.4) is 0 Å². The van der Waals surface area contributed by atoms with Crippen molar-refractivity contribution >= 4 is 21.8 Å². The highest BCUT2D eigenvalue weighted by molar-refractivity contribution is 6.09. The Kier molecular flexibility index (Phi) is 6.27. The molecule has 0 bridgehead atoms. The predicted molar refractivity (Wildman–Crippen MR) is 185 cm³/mol. The van der Waals surface area contributed by atoms with Crippen molar-refractivity contribution in [2.24, 2.45) is 7.05 Å². The Morgan fingerprint density at radius 1 is 0.622 bits per heavy atom. The number of hydrogen-bond acceptors (Lipinski definition) is 2. The lowest BCUT2D eigenvalue weighted by atomic mass is 9.93. The number of imidazole rings is 1. The van der Waals surface area contributed by atoms with Crippen molar-refractivity contribution in [3.63, 3.8) is 0 Å². The van der Waals surface area contributed by atoms with E-state index in [1.54, 1.807) is 0 Å². The second-order valence-electron chi connectivity index (χ2n) is 11.9. The van der Waals surface area contributed by atoms with Crippen molar-refractivity contribution in [2.45, 2.75) is 20.8 Å². The van der Waals surface area contributed by atoms with Gasteiger partial charge in [0.25, 0.3) is 0 Å². The Morgan fingerprint density at radius 2 is 1.36 bits per heavy atom. The molecule has 0 unspecified atom stereocenters. The quantitative estimate of drug-likeness (QED) is 0.202. The molecule has 3 aromatic heterocycles. The van der Waals surface area contributed by atoms with E-state index in [2.05, 4.69) is 149 Å². The highest BCUT2D eigenvalue weighted by atomic mass is 15.3. The summed E-state index contributed by atoms with van der Waals surface area (Å²) in [4.78, 5) is 4.61. The highest BCUT2D eigenvalue weighted by Crippen LogP contribution is 2.40. The molecule has 0 aliphatic heterocycles. The maximum absolute atomic E-state index is 5.06. The number of aryl methyl sites for hydroxylation is 4. The van der Waals surface area contributed by atoms with E-state index in [4.69, 9.17) is 5.10 Å². The van der Waals surface area contributed by atoms with Crippen LogP contribution in [0.15, 0.2) is 128 Å². The summed E-state index contributed by atoms with van der Waals surface area (Å²) in [5.74, 6) is 0.941. The Bertz CT molecular complexity index is 2340. The monoisotopic (exact) mass is 583 g/mol. The lowest BCUT2D eigenvalue weighted by Gasteiger charge is -2.17. The second kappa shape index (κ2) is 10.5. The number of nitrogens with zero attached hydrogens (tertiary/aromatic N) is 5. The van der Waals surface area contributed by atoms with E-state index in [1.165, 1.54) is 33.0 Å². The first kappa shape index (κ1) is 26.9. The summed E-state index contributed by atoms with van der Waals surface area (Å²) in [5.41, 5.74) is 13.8. The molecule has 0 amide bonds. The van der Waals surface area contributed by atoms with Gasteiger partial charge >= 0.3 is 0 Å². The average Bonchev–Trinajstić information content (AvgIpc) is 3.76. The zero-order chi connectivity index (χ0) is 30.7. The van der Waals surface area contributed by atoms with E-state index in [-0.39, 0.29) is 0 Å². The number of rotatable bonds is 5. The van der Waals surface area contributed by atoms with Gasteiger partial charge in [-0.25, -0.2) is 9.67 Å². The fourth-order valence-electron chi connectivity index (χ4n) is 6.96. The smallest absolute Gasteiger partial charge is 0.139 e. The molecule has 0 aliphatic carbocycles. The molecule has 0 N–H and O–H groups in total. The van der Waals surface area contributed by atoms with E-state index in [0.29, 0.717) is 0 Å².